The zero-order chi connectivity index (χ0) is 13.0. The van der Waals surface area contributed by atoms with Crippen molar-refractivity contribution in [1.82, 2.24) is 10.2 Å². The first kappa shape index (κ1) is 13.8. The van der Waals surface area contributed by atoms with E-state index in [1.54, 1.807) is 0 Å². The molecule has 0 bridgehead atoms. The van der Waals surface area contributed by atoms with Gasteiger partial charge < -0.3 is 15.0 Å². The highest BCUT2D eigenvalue weighted by Crippen LogP contribution is 2.24. The van der Waals surface area contributed by atoms with Gasteiger partial charge in [0.05, 0.1) is 5.60 Å². The molecule has 104 valence electrons. The van der Waals surface area contributed by atoms with Gasteiger partial charge in [-0.3, -0.25) is 4.79 Å². The van der Waals surface area contributed by atoms with E-state index in [1.165, 1.54) is 32.1 Å². The van der Waals surface area contributed by atoms with Crippen LogP contribution in [0.25, 0.3) is 0 Å². The van der Waals surface area contributed by atoms with Crippen LogP contribution in [0, 0.1) is 5.92 Å². The fourth-order valence-electron chi connectivity index (χ4n) is 2.78. The van der Waals surface area contributed by atoms with Crippen molar-refractivity contribution in [2.24, 2.45) is 5.92 Å². The number of carbonyl (C=O) groups is 1. The highest BCUT2D eigenvalue weighted by Gasteiger charge is 2.33. The largest absolute Gasteiger partial charge is 0.363 e. The topological polar surface area (TPSA) is 41.6 Å². The first-order valence-electron chi connectivity index (χ1n) is 7.18. The first-order valence-corrected chi connectivity index (χ1v) is 7.18. The summed E-state index contributed by atoms with van der Waals surface area (Å²) in [6.07, 6.45) is 6.57. The maximum absolute atomic E-state index is 12.0. The van der Waals surface area contributed by atoms with E-state index >= 15 is 0 Å². The smallest absolute Gasteiger partial charge is 0.248 e. The van der Waals surface area contributed by atoms with Crippen LogP contribution in [-0.2, 0) is 9.53 Å². The molecule has 0 radical (unpaired) electrons. The average molecular weight is 254 g/mol. The van der Waals surface area contributed by atoms with Crippen molar-refractivity contribution < 1.29 is 9.53 Å². The molecule has 0 aromatic rings. The van der Waals surface area contributed by atoms with Crippen LogP contribution in [0.5, 0.6) is 0 Å². The predicted molar refractivity (Wildman–Crippen MR) is 71.4 cm³/mol. The molecule has 1 heterocycles. The van der Waals surface area contributed by atoms with E-state index in [4.69, 9.17) is 4.74 Å². The summed E-state index contributed by atoms with van der Waals surface area (Å²) < 4.78 is 5.68. The van der Waals surface area contributed by atoms with E-state index in [0.29, 0.717) is 5.92 Å². The lowest BCUT2D eigenvalue weighted by molar-refractivity contribution is -0.145. The molecule has 1 aliphatic heterocycles. The Morgan fingerprint density at radius 2 is 2.00 bits per heavy atom. The second-order valence-electron chi connectivity index (χ2n) is 6.12. The molecule has 4 nitrogen and oxygen atoms in total. The van der Waals surface area contributed by atoms with E-state index in [-0.39, 0.29) is 18.1 Å². The number of amides is 1. The number of nitrogens with one attached hydrogen (secondary N) is 1. The third-order valence-corrected chi connectivity index (χ3v) is 4.22. The molecule has 2 aliphatic rings. The lowest BCUT2D eigenvalue weighted by Gasteiger charge is -2.39. The number of hydrogen-bond donors (Lipinski definition) is 1. The monoisotopic (exact) mass is 254 g/mol. The average Bonchev–Trinajstić information content (AvgIpc) is 2.34. The molecule has 1 amide bonds. The van der Waals surface area contributed by atoms with Gasteiger partial charge in [-0.25, -0.2) is 0 Å². The Kier molecular flexibility index (Phi) is 4.62. The Balaban J connectivity index is 1.67. The minimum atomic E-state index is -0.124. The van der Waals surface area contributed by atoms with Crippen LogP contribution >= 0.6 is 0 Å². The van der Waals surface area contributed by atoms with Gasteiger partial charge in [-0.2, -0.15) is 0 Å². The fourth-order valence-corrected chi connectivity index (χ4v) is 2.78. The molecule has 0 aromatic heterocycles. The predicted octanol–water partition coefficient (Wildman–Crippen LogP) is 1.40. The molecule has 0 spiro atoms. The molecule has 2 rings (SSSR count). The minimum Gasteiger partial charge on any atom is -0.363 e. The second-order valence-corrected chi connectivity index (χ2v) is 6.12. The summed E-state index contributed by atoms with van der Waals surface area (Å²) in [5, 5.41) is 3.17. The van der Waals surface area contributed by atoms with Gasteiger partial charge in [-0.15, -0.1) is 0 Å². The Hall–Kier alpha value is -0.610. The van der Waals surface area contributed by atoms with Gasteiger partial charge in [0.15, 0.2) is 0 Å². The Bertz CT molecular complexity index is 284. The summed E-state index contributed by atoms with van der Waals surface area (Å²) in [5.74, 6) is 0.822. The molecule has 0 aromatic carbocycles. The van der Waals surface area contributed by atoms with E-state index in [0.717, 1.165) is 19.6 Å². The number of likely N-dealkylation sites (N-methyl/N-ethyl adjacent to an activating group) is 1. The van der Waals surface area contributed by atoms with Crippen LogP contribution in [0.3, 0.4) is 0 Å². The number of ether oxygens (including phenoxy) is 1. The zero-order valence-corrected chi connectivity index (χ0v) is 11.7. The molecule has 2 fully saturated rings. The van der Waals surface area contributed by atoms with Crippen molar-refractivity contribution in [1.29, 1.82) is 0 Å². The summed E-state index contributed by atoms with van der Waals surface area (Å²) in [6, 6.07) is 0. The molecular formula is C14H26N2O2. The molecule has 0 unspecified atom stereocenters. The number of carbonyl (C=O) groups excluding carboxylic acids is 1. The van der Waals surface area contributed by atoms with Crippen molar-refractivity contribution in [2.75, 3.05) is 33.3 Å². The van der Waals surface area contributed by atoms with Crippen LogP contribution in [-0.4, -0.2) is 49.7 Å². The quantitative estimate of drug-likeness (QED) is 0.806. The van der Waals surface area contributed by atoms with Crippen LogP contribution in [0.2, 0.25) is 0 Å². The Labute approximate surface area is 110 Å². The van der Waals surface area contributed by atoms with E-state index in [1.807, 2.05) is 11.9 Å². The van der Waals surface area contributed by atoms with E-state index < -0.39 is 0 Å². The van der Waals surface area contributed by atoms with Gasteiger partial charge in [0.25, 0.3) is 0 Å². The van der Waals surface area contributed by atoms with Gasteiger partial charge in [0.2, 0.25) is 5.91 Å². The van der Waals surface area contributed by atoms with E-state index in [2.05, 4.69) is 12.2 Å². The van der Waals surface area contributed by atoms with Crippen molar-refractivity contribution in [3.63, 3.8) is 0 Å². The van der Waals surface area contributed by atoms with Crippen molar-refractivity contribution in [3.05, 3.63) is 0 Å². The summed E-state index contributed by atoms with van der Waals surface area (Å²) in [7, 11) is 1.90. The lowest BCUT2D eigenvalue weighted by atomic mass is 9.89. The van der Waals surface area contributed by atoms with Crippen molar-refractivity contribution in [2.45, 2.75) is 44.6 Å². The van der Waals surface area contributed by atoms with Crippen LogP contribution < -0.4 is 5.32 Å². The molecule has 18 heavy (non-hydrogen) atoms. The van der Waals surface area contributed by atoms with Crippen LogP contribution in [0.15, 0.2) is 0 Å². The SMILES string of the molecule is CN(CC1CCCCC1)C(=O)COC1(C)CNC1. The van der Waals surface area contributed by atoms with E-state index in [9.17, 15) is 4.79 Å². The fraction of sp³-hybridized carbons (Fsp3) is 0.929. The summed E-state index contributed by atoms with van der Waals surface area (Å²) in [4.78, 5) is 13.8. The van der Waals surface area contributed by atoms with Crippen molar-refractivity contribution >= 4 is 5.91 Å². The van der Waals surface area contributed by atoms with Gasteiger partial charge in [-0.1, -0.05) is 19.3 Å². The second kappa shape index (κ2) is 6.02. The molecule has 1 saturated heterocycles. The minimum absolute atomic E-state index is 0.119. The van der Waals surface area contributed by atoms with Gasteiger partial charge in [0, 0.05) is 26.7 Å². The van der Waals surface area contributed by atoms with Crippen LogP contribution in [0.4, 0.5) is 0 Å². The normalized spacial score (nSPS) is 23.4. The standard InChI is InChI=1S/C14H26N2O2/c1-14(10-15-11-14)18-9-13(17)16(2)8-12-6-4-3-5-7-12/h12,15H,3-11H2,1-2H3. The van der Waals surface area contributed by atoms with Crippen molar-refractivity contribution in [3.8, 4) is 0 Å². The maximum Gasteiger partial charge on any atom is 0.248 e. The number of hydrogen-bond acceptors (Lipinski definition) is 3. The molecule has 0 atom stereocenters. The van der Waals surface area contributed by atoms with Crippen LogP contribution in [0.1, 0.15) is 39.0 Å². The lowest BCUT2D eigenvalue weighted by Crippen LogP contribution is -2.59. The summed E-state index contributed by atoms with van der Waals surface area (Å²) in [6.45, 7) is 4.88. The number of nitrogens with zero attached hydrogens (tertiary/aromatic N) is 1. The molecule has 4 heteroatoms. The number of rotatable bonds is 5. The highest BCUT2D eigenvalue weighted by molar-refractivity contribution is 5.77. The van der Waals surface area contributed by atoms with Gasteiger partial charge >= 0.3 is 0 Å². The Morgan fingerprint density at radius 1 is 1.33 bits per heavy atom. The summed E-state index contributed by atoms with van der Waals surface area (Å²) in [5.41, 5.74) is -0.124. The van der Waals surface area contributed by atoms with Gasteiger partial charge in [0.1, 0.15) is 6.61 Å². The third kappa shape index (κ3) is 3.69. The summed E-state index contributed by atoms with van der Waals surface area (Å²) >= 11 is 0. The molecule has 1 N–H and O–H groups in total. The highest BCUT2D eigenvalue weighted by atomic mass is 16.5. The first-order chi connectivity index (χ1) is 8.59. The molecular weight excluding hydrogens is 228 g/mol. The van der Waals surface area contributed by atoms with Gasteiger partial charge in [-0.05, 0) is 25.7 Å². The Morgan fingerprint density at radius 3 is 2.56 bits per heavy atom. The molecule has 1 aliphatic carbocycles. The zero-order valence-electron chi connectivity index (χ0n) is 11.7. The molecule has 1 saturated carbocycles. The third-order valence-electron chi connectivity index (χ3n) is 4.22. The maximum atomic E-state index is 12.0.